The highest BCUT2D eigenvalue weighted by molar-refractivity contribution is 5.25. The third kappa shape index (κ3) is 3.19. The van der Waals surface area contributed by atoms with Crippen molar-refractivity contribution in [3.63, 3.8) is 0 Å². The summed E-state index contributed by atoms with van der Waals surface area (Å²) in [5.74, 6) is 0. The molecule has 2 aromatic carbocycles. The maximum absolute atomic E-state index is 5.59. The average molecular weight is 241 g/mol. The van der Waals surface area contributed by atoms with Crippen molar-refractivity contribution in [2.24, 2.45) is 5.73 Å². The van der Waals surface area contributed by atoms with Gasteiger partial charge in [0.25, 0.3) is 0 Å². The summed E-state index contributed by atoms with van der Waals surface area (Å²) in [6.45, 7) is 0.590. The van der Waals surface area contributed by atoms with E-state index in [9.17, 15) is 0 Å². The minimum Gasteiger partial charge on any atom is -0.376 e. The van der Waals surface area contributed by atoms with Crippen molar-refractivity contribution < 1.29 is 4.74 Å². The van der Waals surface area contributed by atoms with E-state index in [0.717, 1.165) is 12.0 Å². The van der Waals surface area contributed by atoms with Crippen molar-refractivity contribution in [1.29, 1.82) is 0 Å². The largest absolute Gasteiger partial charge is 0.376 e. The lowest BCUT2D eigenvalue weighted by atomic mass is 10.0. The molecule has 0 bridgehead atoms. The van der Waals surface area contributed by atoms with Crippen LogP contribution in [0, 0.1) is 0 Å². The highest BCUT2D eigenvalue weighted by atomic mass is 16.5. The molecule has 2 nitrogen and oxygen atoms in total. The van der Waals surface area contributed by atoms with E-state index in [1.165, 1.54) is 11.1 Å². The van der Waals surface area contributed by atoms with Gasteiger partial charge in [-0.2, -0.15) is 0 Å². The van der Waals surface area contributed by atoms with E-state index < -0.39 is 0 Å². The Morgan fingerprint density at radius 1 is 0.944 bits per heavy atom. The summed E-state index contributed by atoms with van der Waals surface area (Å²) < 4.78 is 5.57. The van der Waals surface area contributed by atoms with Crippen LogP contribution in [0.15, 0.2) is 54.6 Å². The molecule has 0 fully saturated rings. The van der Waals surface area contributed by atoms with Gasteiger partial charge < -0.3 is 10.5 Å². The van der Waals surface area contributed by atoms with Gasteiger partial charge in [0.1, 0.15) is 0 Å². The Balaban J connectivity index is 2.10. The molecular weight excluding hydrogens is 222 g/mol. The summed E-state index contributed by atoms with van der Waals surface area (Å²) in [5.41, 5.74) is 9.23. The Hall–Kier alpha value is -1.64. The van der Waals surface area contributed by atoms with Crippen LogP contribution in [0.25, 0.3) is 0 Å². The van der Waals surface area contributed by atoms with Crippen LogP contribution in [0.2, 0.25) is 0 Å². The first-order valence-corrected chi connectivity index (χ1v) is 6.19. The number of hydrogen-bond donors (Lipinski definition) is 1. The zero-order valence-corrected chi connectivity index (χ0v) is 10.7. The predicted octanol–water partition coefficient (Wildman–Crippen LogP) is 3.08. The van der Waals surface area contributed by atoms with Gasteiger partial charge in [0, 0.05) is 20.1 Å². The van der Waals surface area contributed by atoms with Gasteiger partial charge in [-0.3, -0.25) is 0 Å². The lowest BCUT2D eigenvalue weighted by Gasteiger charge is -2.16. The van der Waals surface area contributed by atoms with Gasteiger partial charge in [-0.15, -0.1) is 0 Å². The Morgan fingerprint density at radius 3 is 2.11 bits per heavy atom. The molecule has 1 atom stereocenters. The second-order valence-corrected chi connectivity index (χ2v) is 4.36. The molecular formula is C16H19NO. The summed E-state index contributed by atoms with van der Waals surface area (Å²) >= 11 is 0. The Kier molecular flexibility index (Phi) is 4.51. The number of methoxy groups -OCH3 is 1. The van der Waals surface area contributed by atoms with Gasteiger partial charge in [-0.25, -0.2) is 0 Å². The van der Waals surface area contributed by atoms with E-state index in [1.54, 1.807) is 7.11 Å². The molecule has 0 saturated heterocycles. The minimum absolute atomic E-state index is 0.106. The molecule has 0 aliphatic carbocycles. The van der Waals surface area contributed by atoms with Crippen LogP contribution in [-0.2, 0) is 17.7 Å². The van der Waals surface area contributed by atoms with Crippen LogP contribution >= 0.6 is 0 Å². The van der Waals surface area contributed by atoms with E-state index in [0.29, 0.717) is 6.54 Å². The molecule has 2 aromatic rings. The molecule has 0 saturated carbocycles. The van der Waals surface area contributed by atoms with Crippen LogP contribution in [0.1, 0.15) is 22.8 Å². The van der Waals surface area contributed by atoms with Gasteiger partial charge in [0.15, 0.2) is 0 Å². The maximum Gasteiger partial charge on any atom is 0.0861 e. The third-order valence-corrected chi connectivity index (χ3v) is 3.14. The molecule has 2 rings (SSSR count). The molecule has 0 heterocycles. The maximum atomic E-state index is 5.59. The molecule has 94 valence electrons. The van der Waals surface area contributed by atoms with Crippen molar-refractivity contribution in [3.05, 3.63) is 71.3 Å². The summed E-state index contributed by atoms with van der Waals surface area (Å²) in [5, 5.41) is 0. The molecule has 2 N–H and O–H groups in total. The Bertz CT molecular complexity index is 464. The quantitative estimate of drug-likeness (QED) is 0.873. The first-order chi connectivity index (χ1) is 8.83. The lowest BCUT2D eigenvalue weighted by molar-refractivity contribution is 0.104. The molecule has 0 aliphatic rings. The van der Waals surface area contributed by atoms with Crippen LogP contribution in [0.5, 0.6) is 0 Å². The fourth-order valence-corrected chi connectivity index (χ4v) is 2.03. The first-order valence-electron chi connectivity index (χ1n) is 6.19. The normalized spacial score (nSPS) is 12.3. The van der Waals surface area contributed by atoms with Crippen molar-refractivity contribution in [2.45, 2.75) is 19.1 Å². The standard InChI is InChI=1S/C16H19NO/c1-18-16(15-5-3-2-4-6-15)11-13-7-9-14(12-17)10-8-13/h2-10,16H,11-12,17H2,1H3. The van der Waals surface area contributed by atoms with Gasteiger partial charge in [-0.1, -0.05) is 54.6 Å². The van der Waals surface area contributed by atoms with Gasteiger partial charge in [0.2, 0.25) is 0 Å². The molecule has 2 heteroatoms. The Morgan fingerprint density at radius 2 is 1.56 bits per heavy atom. The summed E-state index contributed by atoms with van der Waals surface area (Å²) in [6, 6.07) is 18.7. The first kappa shape index (κ1) is 12.8. The van der Waals surface area contributed by atoms with Crippen LogP contribution in [-0.4, -0.2) is 7.11 Å². The molecule has 0 aromatic heterocycles. The van der Waals surface area contributed by atoms with E-state index >= 15 is 0 Å². The van der Waals surface area contributed by atoms with E-state index in [2.05, 4.69) is 36.4 Å². The monoisotopic (exact) mass is 241 g/mol. The van der Waals surface area contributed by atoms with E-state index in [-0.39, 0.29) is 6.10 Å². The Labute approximate surface area is 108 Å². The number of benzene rings is 2. The fourth-order valence-electron chi connectivity index (χ4n) is 2.03. The van der Waals surface area contributed by atoms with Gasteiger partial charge >= 0.3 is 0 Å². The predicted molar refractivity (Wildman–Crippen MR) is 74.2 cm³/mol. The van der Waals surface area contributed by atoms with Crippen molar-refractivity contribution in [2.75, 3.05) is 7.11 Å². The molecule has 0 spiro atoms. The van der Waals surface area contributed by atoms with Crippen molar-refractivity contribution in [3.8, 4) is 0 Å². The third-order valence-electron chi connectivity index (χ3n) is 3.14. The zero-order chi connectivity index (χ0) is 12.8. The molecule has 18 heavy (non-hydrogen) atoms. The lowest BCUT2D eigenvalue weighted by Crippen LogP contribution is -2.05. The summed E-state index contributed by atoms with van der Waals surface area (Å²) in [6.07, 6.45) is 0.987. The number of rotatable bonds is 5. The van der Waals surface area contributed by atoms with Crippen LogP contribution in [0.3, 0.4) is 0 Å². The van der Waals surface area contributed by atoms with E-state index in [4.69, 9.17) is 10.5 Å². The smallest absolute Gasteiger partial charge is 0.0861 e. The van der Waals surface area contributed by atoms with Gasteiger partial charge in [0.05, 0.1) is 6.10 Å². The molecule has 1 unspecified atom stereocenters. The highest BCUT2D eigenvalue weighted by Gasteiger charge is 2.10. The van der Waals surface area contributed by atoms with Crippen LogP contribution in [0.4, 0.5) is 0 Å². The van der Waals surface area contributed by atoms with Crippen molar-refractivity contribution >= 4 is 0 Å². The number of nitrogens with two attached hydrogens (primary N) is 1. The zero-order valence-electron chi connectivity index (χ0n) is 10.7. The molecule has 0 aliphatic heterocycles. The fraction of sp³-hybridized carbons (Fsp3) is 0.250. The second-order valence-electron chi connectivity index (χ2n) is 4.36. The molecule has 0 amide bonds. The highest BCUT2D eigenvalue weighted by Crippen LogP contribution is 2.21. The molecule has 0 radical (unpaired) electrons. The SMILES string of the molecule is COC(Cc1ccc(CN)cc1)c1ccccc1. The topological polar surface area (TPSA) is 35.2 Å². The van der Waals surface area contributed by atoms with E-state index in [1.807, 2.05) is 18.2 Å². The number of hydrogen-bond acceptors (Lipinski definition) is 2. The summed E-state index contributed by atoms with van der Waals surface area (Å²) in [7, 11) is 1.76. The second kappa shape index (κ2) is 6.34. The van der Waals surface area contributed by atoms with Gasteiger partial charge in [-0.05, 0) is 16.7 Å². The minimum atomic E-state index is 0.106. The average Bonchev–Trinajstić information content (AvgIpc) is 2.46. The van der Waals surface area contributed by atoms with Crippen molar-refractivity contribution in [1.82, 2.24) is 0 Å². The number of ether oxygens (including phenoxy) is 1. The van der Waals surface area contributed by atoms with Crippen LogP contribution < -0.4 is 5.73 Å². The summed E-state index contributed by atoms with van der Waals surface area (Å²) in [4.78, 5) is 0.